The first kappa shape index (κ1) is 33.4. The summed E-state index contributed by atoms with van der Waals surface area (Å²) in [4.78, 5) is 13.8. The average Bonchev–Trinajstić information content (AvgIpc) is 3.89. The molecule has 0 unspecified atom stereocenters. The van der Waals surface area contributed by atoms with Crippen molar-refractivity contribution in [3.8, 4) is 72.8 Å². The number of fused-ring (bicyclic) bond motifs is 4. The van der Waals surface area contributed by atoms with Crippen LogP contribution in [-0.4, -0.2) is 19.5 Å². The van der Waals surface area contributed by atoms with E-state index < -0.39 is 0 Å². The van der Waals surface area contributed by atoms with Gasteiger partial charge in [-0.15, -0.1) is 0 Å². The largest absolute Gasteiger partial charge is 0.436 e. The Labute approximate surface area is 335 Å². The summed E-state index contributed by atoms with van der Waals surface area (Å²) in [5.74, 6) is 0.573. The Hall–Kier alpha value is -7.89. The molecular formula is C53H34N4O. The van der Waals surface area contributed by atoms with Gasteiger partial charge in [0.2, 0.25) is 5.89 Å². The van der Waals surface area contributed by atoms with E-state index in [1.54, 1.807) is 12.4 Å². The topological polar surface area (TPSA) is 56.7 Å². The molecule has 7 aromatic carbocycles. The number of hydrogen-bond donors (Lipinski definition) is 0. The number of benzene rings is 7. The number of hydrogen-bond acceptors (Lipinski definition) is 4. The molecule has 0 amide bonds. The molecule has 4 heterocycles. The molecule has 58 heavy (non-hydrogen) atoms. The number of aromatic nitrogens is 4. The van der Waals surface area contributed by atoms with Crippen molar-refractivity contribution in [1.82, 2.24) is 19.5 Å². The molecule has 0 N–H and O–H groups in total. The van der Waals surface area contributed by atoms with Gasteiger partial charge in [-0.05, 0) is 123 Å². The summed E-state index contributed by atoms with van der Waals surface area (Å²) in [6.07, 6.45) is 7.40. The van der Waals surface area contributed by atoms with Gasteiger partial charge in [0.25, 0.3) is 0 Å². The first-order valence-electron chi connectivity index (χ1n) is 19.4. The minimum Gasteiger partial charge on any atom is -0.436 e. The zero-order valence-corrected chi connectivity index (χ0v) is 31.3. The first-order chi connectivity index (χ1) is 28.7. The van der Waals surface area contributed by atoms with Gasteiger partial charge in [0.1, 0.15) is 5.52 Å². The molecule has 0 saturated carbocycles. The average molecular weight is 743 g/mol. The molecule has 5 nitrogen and oxygen atoms in total. The fraction of sp³-hybridized carbons (Fsp3) is 0. The molecule has 0 bridgehead atoms. The molecule has 11 aromatic rings. The maximum Gasteiger partial charge on any atom is 0.227 e. The molecule has 5 heteroatoms. The van der Waals surface area contributed by atoms with Crippen molar-refractivity contribution in [3.63, 3.8) is 0 Å². The highest BCUT2D eigenvalue weighted by molar-refractivity contribution is 6.09. The molecule has 272 valence electrons. The number of pyridine rings is 2. The second kappa shape index (κ2) is 14.0. The van der Waals surface area contributed by atoms with Crippen LogP contribution in [0.2, 0.25) is 0 Å². The van der Waals surface area contributed by atoms with Crippen molar-refractivity contribution >= 4 is 32.9 Å². The Morgan fingerprint density at radius 1 is 0.362 bits per heavy atom. The quantitative estimate of drug-likeness (QED) is 0.163. The van der Waals surface area contributed by atoms with Gasteiger partial charge in [0.15, 0.2) is 5.58 Å². The lowest BCUT2D eigenvalue weighted by molar-refractivity contribution is 0.620. The van der Waals surface area contributed by atoms with Gasteiger partial charge in [0, 0.05) is 57.9 Å². The van der Waals surface area contributed by atoms with E-state index in [0.717, 1.165) is 78.0 Å². The second-order valence-electron chi connectivity index (χ2n) is 14.6. The van der Waals surface area contributed by atoms with Crippen LogP contribution in [-0.2, 0) is 0 Å². The van der Waals surface area contributed by atoms with Gasteiger partial charge in [-0.3, -0.25) is 9.97 Å². The molecule has 0 aliphatic rings. The van der Waals surface area contributed by atoms with Crippen LogP contribution in [0.4, 0.5) is 0 Å². The van der Waals surface area contributed by atoms with Crippen LogP contribution >= 0.6 is 0 Å². The van der Waals surface area contributed by atoms with Crippen LogP contribution in [0.3, 0.4) is 0 Å². The van der Waals surface area contributed by atoms with Crippen molar-refractivity contribution in [2.24, 2.45) is 0 Å². The SMILES string of the molecule is c1cncc(-c2cccc(-c3cc(-c4cccc(-c5cccnc5)c4)cc(-c4nc5ccc(-c6ccc(-n7c8ccccc8c8ccccc87)cc6)cc5o4)c3)c2)c1. The van der Waals surface area contributed by atoms with Gasteiger partial charge in [0.05, 0.1) is 11.0 Å². The summed E-state index contributed by atoms with van der Waals surface area (Å²) in [6.45, 7) is 0. The highest BCUT2D eigenvalue weighted by Crippen LogP contribution is 2.38. The zero-order chi connectivity index (χ0) is 38.4. The molecule has 0 spiro atoms. The summed E-state index contributed by atoms with van der Waals surface area (Å²) in [5.41, 5.74) is 16.8. The van der Waals surface area contributed by atoms with Crippen LogP contribution in [0.5, 0.6) is 0 Å². The first-order valence-corrected chi connectivity index (χ1v) is 19.4. The summed E-state index contributed by atoms with van der Waals surface area (Å²) in [5, 5.41) is 2.51. The lowest BCUT2D eigenvalue weighted by Crippen LogP contribution is -1.93. The molecule has 0 saturated heterocycles. The van der Waals surface area contributed by atoms with Gasteiger partial charge in [-0.2, -0.15) is 0 Å². The van der Waals surface area contributed by atoms with E-state index >= 15 is 0 Å². The van der Waals surface area contributed by atoms with E-state index in [1.807, 2.05) is 24.5 Å². The maximum absolute atomic E-state index is 6.63. The normalized spacial score (nSPS) is 11.4. The monoisotopic (exact) mass is 742 g/mol. The molecule has 0 fully saturated rings. The minimum absolute atomic E-state index is 0.573. The van der Waals surface area contributed by atoms with E-state index in [1.165, 1.54) is 21.8 Å². The Kier molecular flexibility index (Phi) is 8.07. The van der Waals surface area contributed by atoms with E-state index in [0.29, 0.717) is 5.89 Å². The fourth-order valence-corrected chi connectivity index (χ4v) is 8.14. The van der Waals surface area contributed by atoms with Crippen molar-refractivity contribution in [3.05, 3.63) is 207 Å². The van der Waals surface area contributed by atoms with Crippen molar-refractivity contribution in [2.75, 3.05) is 0 Å². The predicted molar refractivity (Wildman–Crippen MR) is 237 cm³/mol. The summed E-state index contributed by atoms with van der Waals surface area (Å²) >= 11 is 0. The summed E-state index contributed by atoms with van der Waals surface area (Å²) in [7, 11) is 0. The van der Waals surface area contributed by atoms with Crippen LogP contribution in [0, 0.1) is 0 Å². The molecule has 0 atom stereocenters. The van der Waals surface area contributed by atoms with Crippen LogP contribution in [0.25, 0.3) is 106 Å². The number of nitrogens with zero attached hydrogens (tertiary/aromatic N) is 4. The Bertz CT molecular complexity index is 3120. The van der Waals surface area contributed by atoms with E-state index in [4.69, 9.17) is 9.40 Å². The fourth-order valence-electron chi connectivity index (χ4n) is 8.14. The van der Waals surface area contributed by atoms with Gasteiger partial charge in [-0.1, -0.05) is 103 Å². The van der Waals surface area contributed by atoms with Crippen molar-refractivity contribution in [1.29, 1.82) is 0 Å². The second-order valence-corrected chi connectivity index (χ2v) is 14.6. The van der Waals surface area contributed by atoms with Crippen LogP contribution in [0.1, 0.15) is 0 Å². The minimum atomic E-state index is 0.573. The third kappa shape index (κ3) is 6.03. The van der Waals surface area contributed by atoms with E-state index in [-0.39, 0.29) is 0 Å². The highest BCUT2D eigenvalue weighted by atomic mass is 16.3. The van der Waals surface area contributed by atoms with Crippen LogP contribution in [0.15, 0.2) is 211 Å². The number of rotatable bonds is 7. The molecular weight excluding hydrogens is 709 g/mol. The predicted octanol–water partition coefficient (Wildman–Crippen LogP) is 13.7. The smallest absolute Gasteiger partial charge is 0.227 e. The lowest BCUT2D eigenvalue weighted by atomic mass is 9.93. The summed E-state index contributed by atoms with van der Waals surface area (Å²) in [6, 6.07) is 64.2. The van der Waals surface area contributed by atoms with Crippen molar-refractivity contribution in [2.45, 2.75) is 0 Å². The maximum atomic E-state index is 6.63. The summed E-state index contributed by atoms with van der Waals surface area (Å²) < 4.78 is 8.97. The zero-order valence-electron chi connectivity index (χ0n) is 31.3. The standard InChI is InChI=1S/C53H34N4O/c1-3-17-50-47(15-1)48-16-2-4-18-51(48)57(50)46-22-19-35(20-23-46)40-21-24-49-52(32-40)58-53(56-49)45-30-43(38-11-5-9-36(27-38)41-13-7-25-54-33-41)29-44(31-45)39-12-6-10-37(28-39)42-14-8-26-55-34-42/h1-34H. The molecule has 0 radical (unpaired) electrons. The van der Waals surface area contributed by atoms with E-state index in [2.05, 4.69) is 184 Å². The third-order valence-electron chi connectivity index (χ3n) is 11.0. The Morgan fingerprint density at radius 2 is 0.845 bits per heavy atom. The van der Waals surface area contributed by atoms with Gasteiger partial charge in [-0.25, -0.2) is 4.98 Å². The van der Waals surface area contributed by atoms with Crippen LogP contribution < -0.4 is 0 Å². The molecule has 0 aliphatic carbocycles. The lowest BCUT2D eigenvalue weighted by Gasteiger charge is -2.12. The molecule has 4 aromatic heterocycles. The molecule has 0 aliphatic heterocycles. The number of oxazole rings is 1. The Balaban J connectivity index is 0.982. The Morgan fingerprint density at radius 3 is 1.41 bits per heavy atom. The van der Waals surface area contributed by atoms with Gasteiger partial charge >= 0.3 is 0 Å². The highest BCUT2D eigenvalue weighted by Gasteiger charge is 2.16. The third-order valence-corrected chi connectivity index (χ3v) is 11.0. The van der Waals surface area contributed by atoms with E-state index in [9.17, 15) is 0 Å². The number of para-hydroxylation sites is 2. The molecule has 11 rings (SSSR count). The van der Waals surface area contributed by atoms with Gasteiger partial charge < -0.3 is 8.98 Å². The van der Waals surface area contributed by atoms with Crippen molar-refractivity contribution < 1.29 is 4.42 Å².